The number of benzene rings is 2. The Kier molecular flexibility index (Phi) is 6.50. The molecule has 2 aromatic rings. The van der Waals surface area contributed by atoms with Gasteiger partial charge >= 0.3 is 5.97 Å². The molecule has 0 aromatic heterocycles. The molecule has 0 unspecified atom stereocenters. The Labute approximate surface area is 153 Å². The molecule has 0 N–H and O–H groups in total. The van der Waals surface area contributed by atoms with Crippen molar-refractivity contribution in [3.8, 4) is 0 Å². The Morgan fingerprint density at radius 1 is 1.08 bits per heavy atom. The fourth-order valence-corrected chi connectivity index (χ4v) is 4.09. The number of hydrogen-bond donors (Lipinski definition) is 0. The summed E-state index contributed by atoms with van der Waals surface area (Å²) in [6.45, 7) is 1.64. The first-order chi connectivity index (χ1) is 11.9. The number of thioether (sulfide) groups is 1. The van der Waals surface area contributed by atoms with Crippen molar-refractivity contribution in [2.75, 3.05) is 24.2 Å². The SMILES string of the molecule is CCc1ccc(N(CC(=O)OC)S(=O)(=O)c2ccc(SC)cc2)cc1. The second-order valence-electron chi connectivity index (χ2n) is 5.28. The van der Waals surface area contributed by atoms with Crippen molar-refractivity contribution in [2.24, 2.45) is 0 Å². The molecule has 25 heavy (non-hydrogen) atoms. The number of anilines is 1. The second kappa shape index (κ2) is 8.40. The van der Waals surface area contributed by atoms with E-state index >= 15 is 0 Å². The number of ether oxygens (including phenoxy) is 1. The maximum absolute atomic E-state index is 13.0. The Hall–Kier alpha value is -1.99. The van der Waals surface area contributed by atoms with Crippen LogP contribution in [0.4, 0.5) is 5.69 Å². The predicted molar refractivity (Wildman–Crippen MR) is 101 cm³/mol. The van der Waals surface area contributed by atoms with E-state index in [1.807, 2.05) is 25.3 Å². The number of esters is 1. The Morgan fingerprint density at radius 3 is 2.16 bits per heavy atom. The van der Waals surface area contributed by atoms with E-state index in [1.54, 1.807) is 36.4 Å². The normalized spacial score (nSPS) is 11.2. The molecular weight excluding hydrogens is 358 g/mol. The van der Waals surface area contributed by atoms with E-state index in [2.05, 4.69) is 4.74 Å². The minimum Gasteiger partial charge on any atom is -0.468 e. The zero-order valence-electron chi connectivity index (χ0n) is 14.4. The van der Waals surface area contributed by atoms with Gasteiger partial charge in [-0.1, -0.05) is 19.1 Å². The monoisotopic (exact) mass is 379 g/mol. The zero-order valence-corrected chi connectivity index (χ0v) is 16.1. The van der Waals surface area contributed by atoms with Crippen molar-refractivity contribution in [3.63, 3.8) is 0 Å². The molecule has 0 saturated carbocycles. The summed E-state index contributed by atoms with van der Waals surface area (Å²) >= 11 is 1.53. The van der Waals surface area contributed by atoms with Crippen LogP contribution in [0.2, 0.25) is 0 Å². The van der Waals surface area contributed by atoms with Crippen molar-refractivity contribution in [1.29, 1.82) is 0 Å². The molecule has 0 aliphatic carbocycles. The Balaban J connectivity index is 2.46. The average molecular weight is 380 g/mol. The van der Waals surface area contributed by atoms with E-state index in [-0.39, 0.29) is 11.4 Å². The fraction of sp³-hybridized carbons (Fsp3) is 0.278. The Morgan fingerprint density at radius 2 is 1.68 bits per heavy atom. The summed E-state index contributed by atoms with van der Waals surface area (Å²) < 4.78 is 31.8. The van der Waals surface area contributed by atoms with Crippen LogP contribution in [0.5, 0.6) is 0 Å². The van der Waals surface area contributed by atoms with Crippen LogP contribution >= 0.6 is 11.8 Å². The summed E-state index contributed by atoms with van der Waals surface area (Å²) in [5.41, 5.74) is 1.51. The van der Waals surface area contributed by atoms with Gasteiger partial charge in [0, 0.05) is 4.90 Å². The number of methoxy groups -OCH3 is 1. The molecule has 0 radical (unpaired) electrons. The molecule has 2 aromatic carbocycles. The van der Waals surface area contributed by atoms with Gasteiger partial charge in [-0.15, -0.1) is 11.8 Å². The van der Waals surface area contributed by atoms with E-state index in [0.717, 1.165) is 21.2 Å². The van der Waals surface area contributed by atoms with E-state index < -0.39 is 16.0 Å². The minimum absolute atomic E-state index is 0.133. The molecule has 7 heteroatoms. The van der Waals surface area contributed by atoms with Gasteiger partial charge in [-0.25, -0.2) is 8.42 Å². The summed E-state index contributed by atoms with van der Waals surface area (Å²) in [6.07, 6.45) is 2.77. The first-order valence-corrected chi connectivity index (χ1v) is 10.4. The first-order valence-electron chi connectivity index (χ1n) is 7.75. The van der Waals surface area contributed by atoms with Gasteiger partial charge in [0.25, 0.3) is 10.0 Å². The maximum atomic E-state index is 13.0. The van der Waals surface area contributed by atoms with Crippen LogP contribution in [0.1, 0.15) is 12.5 Å². The zero-order chi connectivity index (χ0) is 18.4. The average Bonchev–Trinajstić information content (AvgIpc) is 2.65. The number of nitrogens with zero attached hydrogens (tertiary/aromatic N) is 1. The summed E-state index contributed by atoms with van der Waals surface area (Å²) in [5, 5.41) is 0. The van der Waals surface area contributed by atoms with Gasteiger partial charge < -0.3 is 4.74 Å². The minimum atomic E-state index is -3.88. The highest BCUT2D eigenvalue weighted by molar-refractivity contribution is 7.98. The van der Waals surface area contributed by atoms with Gasteiger partial charge in [0.15, 0.2) is 0 Å². The lowest BCUT2D eigenvalue weighted by molar-refractivity contribution is -0.138. The third-order valence-electron chi connectivity index (χ3n) is 3.78. The standard InChI is InChI=1S/C18H21NO4S2/c1-4-14-5-7-15(8-6-14)19(13-18(20)23-2)25(21,22)17-11-9-16(24-3)10-12-17/h5-12H,4,13H2,1-3H3. The lowest BCUT2D eigenvalue weighted by atomic mass is 10.1. The van der Waals surface area contributed by atoms with Crippen LogP contribution in [-0.2, 0) is 26.0 Å². The molecule has 134 valence electrons. The van der Waals surface area contributed by atoms with E-state index in [9.17, 15) is 13.2 Å². The number of hydrogen-bond acceptors (Lipinski definition) is 5. The summed E-state index contributed by atoms with van der Waals surface area (Å²) in [6, 6.07) is 13.7. The molecule has 0 atom stereocenters. The Bertz CT molecular complexity index is 815. The van der Waals surface area contributed by atoms with Crippen LogP contribution in [-0.4, -0.2) is 34.3 Å². The molecule has 0 heterocycles. The molecule has 0 saturated heterocycles. The second-order valence-corrected chi connectivity index (χ2v) is 8.03. The van der Waals surface area contributed by atoms with Gasteiger partial charge in [-0.3, -0.25) is 9.10 Å². The molecule has 0 spiro atoms. The van der Waals surface area contributed by atoms with Gasteiger partial charge in [0.1, 0.15) is 6.54 Å². The van der Waals surface area contributed by atoms with Gasteiger partial charge in [-0.2, -0.15) is 0 Å². The third kappa shape index (κ3) is 4.55. The number of aryl methyl sites for hydroxylation is 1. The molecule has 5 nitrogen and oxygen atoms in total. The summed E-state index contributed by atoms with van der Waals surface area (Å²) in [5.74, 6) is -0.621. The van der Waals surface area contributed by atoms with Crippen molar-refractivity contribution < 1.29 is 17.9 Å². The lowest BCUT2D eigenvalue weighted by Crippen LogP contribution is -2.36. The van der Waals surface area contributed by atoms with E-state index in [1.165, 1.54) is 18.9 Å². The maximum Gasteiger partial charge on any atom is 0.326 e. The molecule has 0 aliphatic heterocycles. The topological polar surface area (TPSA) is 63.7 Å². The molecule has 0 bridgehead atoms. The quantitative estimate of drug-likeness (QED) is 0.545. The van der Waals surface area contributed by atoms with Crippen molar-refractivity contribution in [1.82, 2.24) is 0 Å². The lowest BCUT2D eigenvalue weighted by Gasteiger charge is -2.23. The largest absolute Gasteiger partial charge is 0.468 e. The summed E-state index contributed by atoms with van der Waals surface area (Å²) in [7, 11) is -2.64. The number of sulfonamides is 1. The number of rotatable bonds is 7. The van der Waals surface area contributed by atoms with Gasteiger partial charge in [-0.05, 0) is 54.6 Å². The van der Waals surface area contributed by atoms with Crippen LogP contribution in [0.3, 0.4) is 0 Å². The highest BCUT2D eigenvalue weighted by atomic mass is 32.2. The predicted octanol–water partition coefficient (Wildman–Crippen LogP) is 3.34. The molecular formula is C18H21NO4S2. The summed E-state index contributed by atoms with van der Waals surface area (Å²) in [4.78, 5) is 12.9. The van der Waals surface area contributed by atoms with Crippen LogP contribution < -0.4 is 4.31 Å². The van der Waals surface area contributed by atoms with Crippen molar-refractivity contribution >= 4 is 33.4 Å². The van der Waals surface area contributed by atoms with Crippen LogP contribution in [0, 0.1) is 0 Å². The first kappa shape index (κ1) is 19.3. The smallest absolute Gasteiger partial charge is 0.326 e. The molecule has 0 amide bonds. The molecule has 2 rings (SSSR count). The van der Waals surface area contributed by atoms with Gasteiger partial charge in [0.05, 0.1) is 17.7 Å². The van der Waals surface area contributed by atoms with Crippen molar-refractivity contribution in [3.05, 3.63) is 54.1 Å². The van der Waals surface area contributed by atoms with Crippen LogP contribution in [0.25, 0.3) is 0 Å². The van der Waals surface area contributed by atoms with E-state index in [4.69, 9.17) is 0 Å². The third-order valence-corrected chi connectivity index (χ3v) is 6.31. The number of carbonyl (C=O) groups is 1. The highest BCUT2D eigenvalue weighted by Gasteiger charge is 2.27. The van der Waals surface area contributed by atoms with Crippen LogP contribution in [0.15, 0.2) is 58.3 Å². The molecule has 0 aliphatic rings. The number of carbonyl (C=O) groups excluding carboxylic acids is 1. The van der Waals surface area contributed by atoms with Gasteiger partial charge in [0.2, 0.25) is 0 Å². The highest BCUT2D eigenvalue weighted by Crippen LogP contribution is 2.26. The van der Waals surface area contributed by atoms with Crippen molar-refractivity contribution in [2.45, 2.75) is 23.1 Å². The molecule has 0 fully saturated rings. The fourth-order valence-electron chi connectivity index (χ4n) is 2.27. The van der Waals surface area contributed by atoms with E-state index in [0.29, 0.717) is 5.69 Å².